The number of hydrazone groups is 1. The first-order valence-electron chi connectivity index (χ1n) is 11.2. The summed E-state index contributed by atoms with van der Waals surface area (Å²) in [6.45, 7) is 2.46. The molecule has 0 saturated heterocycles. The molecule has 0 aliphatic carbocycles. The lowest BCUT2D eigenvalue weighted by atomic mass is 10.2. The zero-order chi connectivity index (χ0) is 27.1. The van der Waals surface area contributed by atoms with E-state index in [0.717, 1.165) is 17.0 Å². The van der Waals surface area contributed by atoms with Gasteiger partial charge in [0, 0.05) is 27.9 Å². The van der Waals surface area contributed by atoms with Gasteiger partial charge in [-0.25, -0.2) is 5.43 Å². The van der Waals surface area contributed by atoms with E-state index in [-0.39, 0.29) is 16.5 Å². The summed E-state index contributed by atoms with van der Waals surface area (Å²) in [6, 6.07) is 18.9. The molecule has 0 aliphatic heterocycles. The van der Waals surface area contributed by atoms with Crippen LogP contribution in [0.25, 0.3) is 17.1 Å². The maximum atomic E-state index is 12.5. The van der Waals surface area contributed by atoms with Gasteiger partial charge < -0.3 is 4.74 Å². The maximum Gasteiger partial charge on any atom is 0.288 e. The highest BCUT2D eigenvalue weighted by atomic mass is 35.5. The minimum Gasteiger partial charge on any atom is -0.494 e. The predicted molar refractivity (Wildman–Crippen MR) is 148 cm³/mol. The molecule has 194 valence electrons. The first-order valence-corrected chi connectivity index (χ1v) is 12.9. The van der Waals surface area contributed by atoms with Crippen molar-refractivity contribution in [2.24, 2.45) is 5.10 Å². The van der Waals surface area contributed by atoms with Gasteiger partial charge in [-0.1, -0.05) is 41.0 Å². The fourth-order valence-corrected chi connectivity index (χ4v) is 4.39. The third kappa shape index (κ3) is 6.68. The number of ether oxygens (including phenoxy) is 1. The molecule has 1 aromatic heterocycles. The number of carbonyl (C=O) groups excluding carboxylic acids is 1. The Labute approximate surface area is 231 Å². The summed E-state index contributed by atoms with van der Waals surface area (Å²) in [5.41, 5.74) is 4.16. The SMILES string of the molecule is CCOc1ccc(-n2c(SCC(=O)N/N=C\c3ccc(Cl)c([N+](=O)[O-])c3)nnc2-c2ccc(Cl)cc2)cc1. The summed E-state index contributed by atoms with van der Waals surface area (Å²) in [5, 5.41) is 24.7. The molecule has 1 N–H and O–H groups in total. The van der Waals surface area contributed by atoms with Crippen LogP contribution in [0.3, 0.4) is 0 Å². The summed E-state index contributed by atoms with van der Waals surface area (Å²) < 4.78 is 7.38. The van der Waals surface area contributed by atoms with Gasteiger partial charge in [0.1, 0.15) is 10.8 Å². The molecule has 1 amide bonds. The molecular weight excluding hydrogens is 551 g/mol. The Morgan fingerprint density at radius 1 is 1.13 bits per heavy atom. The van der Waals surface area contributed by atoms with Gasteiger partial charge in [0.2, 0.25) is 0 Å². The van der Waals surface area contributed by atoms with E-state index in [1.807, 2.05) is 47.9 Å². The molecule has 4 rings (SSSR count). The van der Waals surface area contributed by atoms with Gasteiger partial charge in [0.05, 0.1) is 23.5 Å². The minimum atomic E-state index is -0.590. The third-order valence-electron chi connectivity index (χ3n) is 5.04. The van der Waals surface area contributed by atoms with E-state index in [2.05, 4.69) is 20.7 Å². The lowest BCUT2D eigenvalue weighted by Gasteiger charge is -2.11. The number of hydrogen-bond donors (Lipinski definition) is 1. The second-order valence-electron chi connectivity index (χ2n) is 7.63. The summed E-state index contributed by atoms with van der Waals surface area (Å²) >= 11 is 13.0. The van der Waals surface area contributed by atoms with Crippen molar-refractivity contribution in [3.63, 3.8) is 0 Å². The van der Waals surface area contributed by atoms with Crippen molar-refractivity contribution < 1.29 is 14.5 Å². The Hall–Kier alpha value is -3.93. The number of nitrogens with one attached hydrogen (secondary N) is 1. The number of benzene rings is 3. The van der Waals surface area contributed by atoms with E-state index in [0.29, 0.717) is 28.2 Å². The van der Waals surface area contributed by atoms with E-state index in [4.69, 9.17) is 27.9 Å². The van der Waals surface area contributed by atoms with Crippen LogP contribution < -0.4 is 10.2 Å². The van der Waals surface area contributed by atoms with Crippen molar-refractivity contribution in [1.82, 2.24) is 20.2 Å². The van der Waals surface area contributed by atoms with E-state index < -0.39 is 10.8 Å². The number of nitro benzene ring substituents is 1. The van der Waals surface area contributed by atoms with Gasteiger partial charge >= 0.3 is 0 Å². The number of halogens is 2. The highest BCUT2D eigenvalue weighted by Crippen LogP contribution is 2.29. The number of nitro groups is 1. The highest BCUT2D eigenvalue weighted by molar-refractivity contribution is 7.99. The van der Waals surface area contributed by atoms with Crippen LogP contribution >= 0.6 is 35.0 Å². The molecule has 4 aromatic rings. The Morgan fingerprint density at radius 2 is 1.87 bits per heavy atom. The number of amides is 1. The quantitative estimate of drug-likeness (QED) is 0.111. The fraction of sp³-hybridized carbons (Fsp3) is 0.120. The molecule has 0 fully saturated rings. The number of carbonyl (C=O) groups is 1. The average Bonchev–Trinajstić information content (AvgIpc) is 3.33. The van der Waals surface area contributed by atoms with Crippen molar-refractivity contribution >= 4 is 52.8 Å². The Kier molecular flexibility index (Phi) is 8.95. The second kappa shape index (κ2) is 12.5. The van der Waals surface area contributed by atoms with Crippen LogP contribution in [0.15, 0.2) is 77.0 Å². The normalized spacial score (nSPS) is 11.0. The first-order chi connectivity index (χ1) is 18.4. The van der Waals surface area contributed by atoms with Crippen LogP contribution in [0.2, 0.25) is 10.0 Å². The topological polar surface area (TPSA) is 125 Å². The molecular formula is C25H20Cl2N6O4S. The summed E-state index contributed by atoms with van der Waals surface area (Å²) in [4.78, 5) is 22.9. The molecule has 0 saturated carbocycles. The zero-order valence-corrected chi connectivity index (χ0v) is 22.2. The summed E-state index contributed by atoms with van der Waals surface area (Å²) in [5.74, 6) is 0.906. The van der Waals surface area contributed by atoms with Gasteiger partial charge in [0.25, 0.3) is 11.6 Å². The van der Waals surface area contributed by atoms with Crippen LogP contribution in [-0.4, -0.2) is 44.2 Å². The van der Waals surface area contributed by atoms with Crippen molar-refractivity contribution in [3.05, 3.63) is 92.5 Å². The summed E-state index contributed by atoms with van der Waals surface area (Å²) in [7, 11) is 0. The number of nitrogens with zero attached hydrogens (tertiary/aromatic N) is 5. The van der Waals surface area contributed by atoms with Gasteiger partial charge in [-0.15, -0.1) is 10.2 Å². The van der Waals surface area contributed by atoms with Gasteiger partial charge in [-0.2, -0.15) is 5.10 Å². The molecule has 0 atom stereocenters. The van der Waals surface area contributed by atoms with Gasteiger partial charge in [0.15, 0.2) is 11.0 Å². The molecule has 0 unspecified atom stereocenters. The lowest BCUT2D eigenvalue weighted by molar-refractivity contribution is -0.384. The Balaban J connectivity index is 1.50. The molecule has 0 bridgehead atoms. The van der Waals surface area contributed by atoms with Crippen molar-refractivity contribution in [2.75, 3.05) is 12.4 Å². The van der Waals surface area contributed by atoms with E-state index >= 15 is 0 Å². The van der Waals surface area contributed by atoms with Crippen LogP contribution in [0.1, 0.15) is 12.5 Å². The van der Waals surface area contributed by atoms with Crippen molar-refractivity contribution in [3.8, 4) is 22.8 Å². The van der Waals surface area contributed by atoms with Crippen LogP contribution in [0, 0.1) is 10.1 Å². The van der Waals surface area contributed by atoms with Crippen molar-refractivity contribution in [2.45, 2.75) is 12.1 Å². The average molecular weight is 571 g/mol. The van der Waals surface area contributed by atoms with E-state index in [1.54, 1.807) is 18.2 Å². The minimum absolute atomic E-state index is 0.00607. The smallest absolute Gasteiger partial charge is 0.288 e. The van der Waals surface area contributed by atoms with Crippen LogP contribution in [0.4, 0.5) is 5.69 Å². The molecule has 0 spiro atoms. The number of thioether (sulfide) groups is 1. The molecule has 0 radical (unpaired) electrons. The molecule has 0 aliphatic rings. The van der Waals surface area contributed by atoms with Crippen LogP contribution in [0.5, 0.6) is 5.75 Å². The van der Waals surface area contributed by atoms with Crippen molar-refractivity contribution in [1.29, 1.82) is 0 Å². The van der Waals surface area contributed by atoms with Crippen LogP contribution in [-0.2, 0) is 4.79 Å². The molecule has 10 nitrogen and oxygen atoms in total. The molecule has 13 heteroatoms. The number of hydrogen-bond acceptors (Lipinski definition) is 8. The Bertz CT molecular complexity index is 1480. The number of aromatic nitrogens is 3. The molecule has 38 heavy (non-hydrogen) atoms. The summed E-state index contributed by atoms with van der Waals surface area (Å²) in [6.07, 6.45) is 1.30. The fourth-order valence-electron chi connectivity index (χ4n) is 3.33. The van der Waals surface area contributed by atoms with Gasteiger partial charge in [-0.05, 0) is 61.5 Å². The molecule has 3 aromatic carbocycles. The lowest BCUT2D eigenvalue weighted by Crippen LogP contribution is -2.20. The zero-order valence-electron chi connectivity index (χ0n) is 19.9. The monoisotopic (exact) mass is 570 g/mol. The van der Waals surface area contributed by atoms with E-state index in [1.165, 1.54) is 30.1 Å². The third-order valence-corrected chi connectivity index (χ3v) is 6.54. The Morgan fingerprint density at radius 3 is 2.55 bits per heavy atom. The highest BCUT2D eigenvalue weighted by Gasteiger charge is 2.18. The predicted octanol–water partition coefficient (Wildman–Crippen LogP) is 5.79. The molecule has 1 heterocycles. The number of rotatable bonds is 10. The first kappa shape index (κ1) is 27.1. The van der Waals surface area contributed by atoms with E-state index in [9.17, 15) is 14.9 Å². The largest absolute Gasteiger partial charge is 0.494 e. The second-order valence-corrected chi connectivity index (χ2v) is 9.41. The maximum absolute atomic E-state index is 12.5. The van der Waals surface area contributed by atoms with Gasteiger partial charge in [-0.3, -0.25) is 19.5 Å². The standard InChI is InChI=1S/C25H20Cl2N6O4S/c1-2-37-20-10-8-19(9-11-20)32-24(17-4-6-18(26)7-5-17)30-31-25(32)38-15-23(34)29-28-14-16-3-12-21(27)22(13-16)33(35)36/h3-14H,2,15H2,1H3,(H,29,34)/b28-14-.